The highest BCUT2D eigenvalue weighted by molar-refractivity contribution is 6.27. The molecule has 158 valence electrons. The second-order valence-electron chi connectivity index (χ2n) is 6.24. The third-order valence-corrected chi connectivity index (χ3v) is 3.78. The lowest BCUT2D eigenvalue weighted by molar-refractivity contribution is -0.159. The van der Waals surface area contributed by atoms with Crippen molar-refractivity contribution in [3.05, 3.63) is 24.3 Å². The highest BCUT2D eigenvalue weighted by Gasteiger charge is 2.21. The fourth-order valence-corrected chi connectivity index (χ4v) is 2.71. The third kappa shape index (κ3) is 9.54. The van der Waals surface area contributed by atoms with E-state index in [2.05, 4.69) is 18.7 Å². The monoisotopic (exact) mass is 399 g/mol. The Labute approximate surface area is 164 Å². The number of aliphatic carboxylic acids is 2. The number of rotatable bonds is 8. The lowest BCUT2D eigenvalue weighted by atomic mass is 10.2. The molecule has 2 N–H and O–H groups in total. The molecule has 0 aromatic heterocycles. The lowest BCUT2D eigenvalue weighted by Gasteiger charge is -2.35. The summed E-state index contributed by atoms with van der Waals surface area (Å²) in [5, 5.41) is 14.8. The van der Waals surface area contributed by atoms with Gasteiger partial charge in [-0.25, -0.2) is 9.59 Å². The van der Waals surface area contributed by atoms with Gasteiger partial charge in [-0.15, -0.1) is 0 Å². The Balaban J connectivity index is 0.000000568. The number of hydrogen-bond acceptors (Lipinski definition) is 7. The minimum Gasteiger partial charge on any atom is -0.493 e. The molecule has 0 saturated carbocycles. The van der Waals surface area contributed by atoms with Gasteiger partial charge in [0.1, 0.15) is 6.61 Å². The van der Waals surface area contributed by atoms with E-state index in [4.69, 9.17) is 38.7 Å². The van der Waals surface area contributed by atoms with Crippen LogP contribution < -0.4 is 9.47 Å². The Kier molecular flexibility index (Phi) is 10.9. The molecule has 28 heavy (non-hydrogen) atoms. The number of carboxylic acid groups (broad SMARTS) is 2. The van der Waals surface area contributed by atoms with Crippen molar-refractivity contribution in [1.82, 2.24) is 4.90 Å². The number of para-hydroxylation sites is 2. The second kappa shape index (κ2) is 12.9. The molecule has 1 fully saturated rings. The second-order valence-corrected chi connectivity index (χ2v) is 6.24. The van der Waals surface area contributed by atoms with Gasteiger partial charge in [0.05, 0.1) is 32.5 Å². The zero-order chi connectivity index (χ0) is 20.9. The maximum Gasteiger partial charge on any atom is 0.414 e. The normalized spacial score (nSPS) is 19.2. The van der Waals surface area contributed by atoms with Crippen LogP contribution in [-0.4, -0.2) is 85.8 Å². The first-order valence-corrected chi connectivity index (χ1v) is 9.01. The van der Waals surface area contributed by atoms with Gasteiger partial charge >= 0.3 is 11.9 Å². The van der Waals surface area contributed by atoms with Crippen LogP contribution in [0.4, 0.5) is 0 Å². The average molecular weight is 399 g/mol. The molecule has 2 rings (SSSR count). The van der Waals surface area contributed by atoms with Crippen molar-refractivity contribution in [2.45, 2.75) is 26.1 Å². The molecule has 1 heterocycles. The van der Waals surface area contributed by atoms with Gasteiger partial charge in [0.25, 0.3) is 0 Å². The van der Waals surface area contributed by atoms with Gasteiger partial charge in [0.2, 0.25) is 0 Å². The Morgan fingerprint density at radius 2 is 1.61 bits per heavy atom. The number of carbonyl (C=O) groups is 2. The summed E-state index contributed by atoms with van der Waals surface area (Å²) in [5.41, 5.74) is 0. The van der Waals surface area contributed by atoms with Crippen LogP contribution in [0.25, 0.3) is 0 Å². The first-order valence-electron chi connectivity index (χ1n) is 9.01. The molecule has 0 amide bonds. The molecule has 2 atom stereocenters. The molecule has 2 unspecified atom stereocenters. The summed E-state index contributed by atoms with van der Waals surface area (Å²) in [4.78, 5) is 20.6. The summed E-state index contributed by atoms with van der Waals surface area (Å²) in [7, 11) is 1.64. The van der Waals surface area contributed by atoms with E-state index >= 15 is 0 Å². The SMILES string of the molecule is COc1ccccc1OCCOCCN1CC(C)OC(C)C1.O=C(O)C(=O)O. The van der Waals surface area contributed by atoms with E-state index in [-0.39, 0.29) is 0 Å². The third-order valence-electron chi connectivity index (χ3n) is 3.78. The van der Waals surface area contributed by atoms with Crippen molar-refractivity contribution in [2.24, 2.45) is 0 Å². The molecule has 1 aliphatic rings. The number of carboxylic acids is 2. The quantitative estimate of drug-likeness (QED) is 0.494. The highest BCUT2D eigenvalue weighted by Crippen LogP contribution is 2.25. The number of ether oxygens (including phenoxy) is 4. The topological polar surface area (TPSA) is 115 Å². The molecule has 1 aromatic carbocycles. The van der Waals surface area contributed by atoms with Gasteiger partial charge in [-0.3, -0.25) is 4.90 Å². The molecule has 0 bridgehead atoms. The van der Waals surface area contributed by atoms with E-state index in [1.165, 1.54) is 0 Å². The molecule has 9 nitrogen and oxygen atoms in total. The molecule has 0 radical (unpaired) electrons. The van der Waals surface area contributed by atoms with Crippen molar-refractivity contribution >= 4 is 11.9 Å². The lowest BCUT2D eigenvalue weighted by Crippen LogP contribution is -2.46. The van der Waals surface area contributed by atoms with Gasteiger partial charge in [0, 0.05) is 19.6 Å². The minimum absolute atomic E-state index is 0.303. The van der Waals surface area contributed by atoms with Gasteiger partial charge in [0.15, 0.2) is 11.5 Å². The smallest absolute Gasteiger partial charge is 0.414 e. The number of benzene rings is 1. The molecular formula is C19H29NO8. The fraction of sp³-hybridized carbons (Fsp3) is 0.579. The van der Waals surface area contributed by atoms with E-state index in [1.807, 2.05) is 24.3 Å². The maximum absolute atomic E-state index is 9.10. The van der Waals surface area contributed by atoms with Gasteiger partial charge in [-0.05, 0) is 26.0 Å². The first-order chi connectivity index (χ1) is 13.3. The Bertz CT molecular complexity index is 587. The maximum atomic E-state index is 9.10. The summed E-state index contributed by atoms with van der Waals surface area (Å²) in [5.74, 6) is -2.15. The van der Waals surface area contributed by atoms with E-state index in [9.17, 15) is 0 Å². The fourth-order valence-electron chi connectivity index (χ4n) is 2.71. The predicted molar refractivity (Wildman–Crippen MR) is 101 cm³/mol. The number of hydrogen-bond donors (Lipinski definition) is 2. The van der Waals surface area contributed by atoms with E-state index in [1.54, 1.807) is 7.11 Å². The summed E-state index contributed by atoms with van der Waals surface area (Å²) in [6.45, 7) is 8.94. The van der Waals surface area contributed by atoms with Crippen LogP contribution in [-0.2, 0) is 19.1 Å². The standard InChI is InChI=1S/C17H27NO4.C2H2O4/c1-14-12-18(13-15(2)22-14)8-9-20-10-11-21-17-7-5-4-6-16(17)19-3;3-1(4)2(5)6/h4-7,14-15H,8-13H2,1-3H3;(H,3,4)(H,5,6). The first kappa shape index (κ1) is 23.7. The molecule has 1 aliphatic heterocycles. The number of nitrogens with zero attached hydrogens (tertiary/aromatic N) is 1. The van der Waals surface area contributed by atoms with E-state index in [0.29, 0.717) is 32.0 Å². The highest BCUT2D eigenvalue weighted by atomic mass is 16.5. The zero-order valence-corrected chi connectivity index (χ0v) is 16.5. The summed E-state index contributed by atoms with van der Waals surface area (Å²) in [6, 6.07) is 7.64. The van der Waals surface area contributed by atoms with Crippen molar-refractivity contribution in [1.29, 1.82) is 0 Å². The van der Waals surface area contributed by atoms with Crippen LogP contribution in [0, 0.1) is 0 Å². The molecule has 0 aliphatic carbocycles. The number of methoxy groups -OCH3 is 1. The largest absolute Gasteiger partial charge is 0.493 e. The zero-order valence-electron chi connectivity index (χ0n) is 16.5. The van der Waals surface area contributed by atoms with Crippen molar-refractivity contribution < 1.29 is 38.7 Å². The summed E-state index contributed by atoms with van der Waals surface area (Å²) in [6.07, 6.45) is 0.607. The van der Waals surface area contributed by atoms with Crippen LogP contribution in [0.15, 0.2) is 24.3 Å². The van der Waals surface area contributed by atoms with Crippen LogP contribution in [0.1, 0.15) is 13.8 Å². The van der Waals surface area contributed by atoms with Crippen molar-refractivity contribution in [3.8, 4) is 11.5 Å². The summed E-state index contributed by atoms with van der Waals surface area (Å²) >= 11 is 0. The molecule has 1 saturated heterocycles. The van der Waals surface area contributed by atoms with Crippen molar-refractivity contribution in [3.63, 3.8) is 0 Å². The van der Waals surface area contributed by atoms with Crippen LogP contribution in [0.2, 0.25) is 0 Å². The Morgan fingerprint density at radius 3 is 2.14 bits per heavy atom. The number of morpholine rings is 1. The van der Waals surface area contributed by atoms with Crippen molar-refractivity contribution in [2.75, 3.05) is 46.6 Å². The Hall–Kier alpha value is -2.36. The molecule has 9 heteroatoms. The van der Waals surface area contributed by atoms with E-state index < -0.39 is 11.9 Å². The molecule has 0 spiro atoms. The van der Waals surface area contributed by atoms with Crippen LogP contribution >= 0.6 is 0 Å². The van der Waals surface area contributed by atoms with Gasteiger partial charge in [-0.2, -0.15) is 0 Å². The van der Waals surface area contributed by atoms with Gasteiger partial charge in [-0.1, -0.05) is 12.1 Å². The molecule has 1 aromatic rings. The van der Waals surface area contributed by atoms with Gasteiger partial charge < -0.3 is 29.2 Å². The molecular weight excluding hydrogens is 370 g/mol. The van der Waals surface area contributed by atoms with E-state index in [0.717, 1.165) is 31.1 Å². The average Bonchev–Trinajstić information content (AvgIpc) is 2.64. The predicted octanol–water partition coefficient (Wildman–Crippen LogP) is 1.36. The van der Waals surface area contributed by atoms with Crippen LogP contribution in [0.3, 0.4) is 0 Å². The van der Waals surface area contributed by atoms with Crippen LogP contribution in [0.5, 0.6) is 11.5 Å². The Morgan fingerprint density at radius 1 is 1.04 bits per heavy atom. The summed E-state index contributed by atoms with van der Waals surface area (Å²) < 4.78 is 22.3. The minimum atomic E-state index is -1.82.